The molecule has 0 aliphatic carbocycles. The molecule has 4 rings (SSSR count). The summed E-state index contributed by atoms with van der Waals surface area (Å²) in [4.78, 5) is 39.4. The van der Waals surface area contributed by atoms with Crippen LogP contribution in [-0.4, -0.2) is 53.4 Å². The minimum absolute atomic E-state index is 0.0418. The smallest absolute Gasteiger partial charge is 0.282 e. The van der Waals surface area contributed by atoms with Crippen LogP contribution < -0.4 is 15.0 Å². The fraction of sp³-hybridized carbons (Fsp3) is 0.286. The first-order valence-electron chi connectivity index (χ1n) is 9.43. The van der Waals surface area contributed by atoms with Crippen molar-refractivity contribution in [3.8, 4) is 11.5 Å². The van der Waals surface area contributed by atoms with Gasteiger partial charge in [0.1, 0.15) is 18.0 Å². The molecule has 2 aliphatic heterocycles. The summed E-state index contributed by atoms with van der Waals surface area (Å²) in [6.07, 6.45) is 0.247. The summed E-state index contributed by atoms with van der Waals surface area (Å²) in [5, 5.41) is 2.80. The van der Waals surface area contributed by atoms with Gasteiger partial charge in [-0.2, -0.15) is 0 Å². The van der Waals surface area contributed by atoms with Gasteiger partial charge in [-0.1, -0.05) is 30.0 Å². The number of nitrogens with zero attached hydrogens (tertiary/aromatic N) is 2. The van der Waals surface area contributed by atoms with E-state index in [9.17, 15) is 14.4 Å². The van der Waals surface area contributed by atoms with E-state index in [2.05, 4.69) is 5.32 Å². The minimum Gasteiger partial charge on any atom is -0.457 e. The molecule has 0 unspecified atom stereocenters. The molecule has 8 heteroatoms. The van der Waals surface area contributed by atoms with Gasteiger partial charge in [0.05, 0.1) is 6.04 Å². The quantitative estimate of drug-likeness (QED) is 0.791. The van der Waals surface area contributed by atoms with Crippen LogP contribution in [0.2, 0.25) is 0 Å². The van der Waals surface area contributed by atoms with Gasteiger partial charge in [-0.05, 0) is 36.4 Å². The molecule has 2 saturated heterocycles. The molecular formula is C21H21N3O4S. The molecule has 1 N–H and O–H groups in total. The number of nitrogens with one attached hydrogen (secondary N) is 1. The number of hydrogen-bond acceptors (Lipinski definition) is 5. The molecule has 2 aromatic carbocycles. The van der Waals surface area contributed by atoms with Crippen molar-refractivity contribution in [3.05, 3.63) is 54.6 Å². The van der Waals surface area contributed by atoms with Gasteiger partial charge < -0.3 is 19.9 Å². The Bertz CT molecular complexity index is 904. The average Bonchev–Trinajstić information content (AvgIpc) is 3.28. The number of carbonyl (C=O) groups is 3. The summed E-state index contributed by atoms with van der Waals surface area (Å²) in [7, 11) is 0. The van der Waals surface area contributed by atoms with E-state index < -0.39 is 0 Å². The maximum absolute atomic E-state index is 12.4. The van der Waals surface area contributed by atoms with Crippen molar-refractivity contribution in [3.63, 3.8) is 0 Å². The van der Waals surface area contributed by atoms with Crippen molar-refractivity contribution in [2.75, 3.05) is 30.3 Å². The second-order valence-electron chi connectivity index (χ2n) is 6.92. The molecule has 2 fully saturated rings. The van der Waals surface area contributed by atoms with Crippen molar-refractivity contribution in [2.24, 2.45) is 0 Å². The number of hydrogen-bond donors (Lipinski definition) is 1. The van der Waals surface area contributed by atoms with Crippen LogP contribution in [0.3, 0.4) is 0 Å². The van der Waals surface area contributed by atoms with Gasteiger partial charge >= 0.3 is 0 Å². The zero-order chi connectivity index (χ0) is 20.2. The third-order valence-corrected chi connectivity index (χ3v) is 5.69. The van der Waals surface area contributed by atoms with E-state index >= 15 is 0 Å². The molecule has 7 nitrogen and oxygen atoms in total. The zero-order valence-corrected chi connectivity index (χ0v) is 16.6. The molecule has 1 atom stereocenters. The Balaban J connectivity index is 1.33. The van der Waals surface area contributed by atoms with E-state index in [1.54, 1.807) is 4.90 Å². The number of benzene rings is 2. The standard InChI is InChI=1S/C21H21N3O4S/c25-19(14-23-10-11-29-21(23)27)22-15-12-20(26)24(13-15)16-6-8-18(9-7-16)28-17-4-2-1-3-5-17/h1-9,15H,10-14H2,(H,22,25)/t15-/m1/s1. The molecule has 0 aromatic heterocycles. The SMILES string of the molecule is O=C(CN1CCSC1=O)N[C@@H]1CC(=O)N(c2ccc(Oc3ccccc3)cc2)C1. The topological polar surface area (TPSA) is 79.0 Å². The molecule has 150 valence electrons. The van der Waals surface area contributed by atoms with Crippen molar-refractivity contribution in [2.45, 2.75) is 12.5 Å². The van der Waals surface area contributed by atoms with Gasteiger partial charge in [-0.3, -0.25) is 14.4 Å². The molecule has 0 radical (unpaired) electrons. The first-order chi connectivity index (χ1) is 14.1. The van der Waals surface area contributed by atoms with Crippen LogP contribution in [0.15, 0.2) is 54.6 Å². The lowest BCUT2D eigenvalue weighted by molar-refractivity contribution is -0.122. The maximum Gasteiger partial charge on any atom is 0.282 e. The van der Waals surface area contributed by atoms with Crippen LogP contribution in [0.25, 0.3) is 0 Å². The van der Waals surface area contributed by atoms with E-state index in [-0.39, 0.29) is 36.1 Å². The lowest BCUT2D eigenvalue weighted by Gasteiger charge is -2.19. The van der Waals surface area contributed by atoms with Gasteiger partial charge in [0.2, 0.25) is 11.8 Å². The van der Waals surface area contributed by atoms with Crippen molar-refractivity contribution < 1.29 is 19.1 Å². The Morgan fingerprint density at radius 2 is 1.79 bits per heavy atom. The first kappa shape index (κ1) is 19.3. The van der Waals surface area contributed by atoms with Gasteiger partial charge in [0.15, 0.2) is 0 Å². The van der Waals surface area contributed by atoms with Crippen LogP contribution in [0, 0.1) is 0 Å². The maximum atomic E-state index is 12.4. The minimum atomic E-state index is -0.263. The number of thioether (sulfide) groups is 1. The van der Waals surface area contributed by atoms with Gasteiger partial charge in [-0.15, -0.1) is 0 Å². The van der Waals surface area contributed by atoms with Crippen LogP contribution in [0.1, 0.15) is 6.42 Å². The Morgan fingerprint density at radius 3 is 2.48 bits per heavy atom. The number of anilines is 1. The van der Waals surface area contributed by atoms with E-state index in [1.165, 1.54) is 16.7 Å². The van der Waals surface area contributed by atoms with Gasteiger partial charge in [0, 0.05) is 31.0 Å². The molecule has 0 saturated carbocycles. The lowest BCUT2D eigenvalue weighted by Crippen LogP contribution is -2.43. The highest BCUT2D eigenvalue weighted by molar-refractivity contribution is 8.13. The molecule has 0 bridgehead atoms. The number of rotatable bonds is 6. The van der Waals surface area contributed by atoms with Crippen LogP contribution in [-0.2, 0) is 9.59 Å². The zero-order valence-electron chi connectivity index (χ0n) is 15.7. The second kappa shape index (κ2) is 8.57. The number of amides is 3. The van der Waals surface area contributed by atoms with E-state index in [0.717, 1.165) is 11.4 Å². The number of ether oxygens (including phenoxy) is 1. The highest BCUT2D eigenvalue weighted by atomic mass is 32.2. The lowest BCUT2D eigenvalue weighted by atomic mass is 10.2. The largest absolute Gasteiger partial charge is 0.457 e. The molecule has 0 spiro atoms. The fourth-order valence-corrected chi connectivity index (χ4v) is 4.21. The summed E-state index contributed by atoms with van der Waals surface area (Å²) < 4.78 is 5.77. The Morgan fingerprint density at radius 1 is 1.07 bits per heavy atom. The van der Waals surface area contributed by atoms with Crippen molar-refractivity contribution >= 4 is 34.5 Å². The summed E-state index contributed by atoms with van der Waals surface area (Å²) in [6, 6.07) is 16.5. The van der Waals surface area contributed by atoms with Crippen molar-refractivity contribution in [1.82, 2.24) is 10.2 Å². The molecule has 29 heavy (non-hydrogen) atoms. The van der Waals surface area contributed by atoms with E-state index in [0.29, 0.717) is 24.6 Å². The normalized spacial score (nSPS) is 19.0. The fourth-order valence-electron chi connectivity index (χ4n) is 3.39. The number of carbonyl (C=O) groups excluding carboxylic acids is 3. The van der Waals surface area contributed by atoms with E-state index in [4.69, 9.17) is 4.74 Å². The third kappa shape index (κ3) is 4.71. The predicted octanol–water partition coefficient (Wildman–Crippen LogP) is 2.87. The Kier molecular flexibility index (Phi) is 5.71. The van der Waals surface area contributed by atoms with Gasteiger partial charge in [-0.25, -0.2) is 0 Å². The average molecular weight is 411 g/mol. The highest BCUT2D eigenvalue weighted by Crippen LogP contribution is 2.27. The molecule has 3 amide bonds. The van der Waals surface area contributed by atoms with Crippen molar-refractivity contribution in [1.29, 1.82) is 0 Å². The second-order valence-corrected chi connectivity index (χ2v) is 7.96. The Hall–Kier alpha value is -3.00. The third-order valence-electron chi connectivity index (χ3n) is 4.80. The predicted molar refractivity (Wildman–Crippen MR) is 111 cm³/mol. The van der Waals surface area contributed by atoms with Gasteiger partial charge in [0.25, 0.3) is 5.24 Å². The molecular weight excluding hydrogens is 390 g/mol. The summed E-state index contributed by atoms with van der Waals surface area (Å²) in [5.41, 5.74) is 0.762. The van der Waals surface area contributed by atoms with Crippen LogP contribution in [0.5, 0.6) is 11.5 Å². The summed E-state index contributed by atoms with van der Waals surface area (Å²) in [6.45, 7) is 1.04. The first-order valence-corrected chi connectivity index (χ1v) is 10.4. The molecule has 2 aliphatic rings. The van der Waals surface area contributed by atoms with E-state index in [1.807, 2.05) is 54.6 Å². The van der Waals surface area contributed by atoms with Crippen LogP contribution in [0.4, 0.5) is 10.5 Å². The summed E-state index contributed by atoms with van der Waals surface area (Å²) in [5.74, 6) is 1.87. The summed E-state index contributed by atoms with van der Waals surface area (Å²) >= 11 is 1.22. The highest BCUT2D eigenvalue weighted by Gasteiger charge is 2.32. The monoisotopic (exact) mass is 411 g/mol. The van der Waals surface area contributed by atoms with Crippen LogP contribution >= 0.6 is 11.8 Å². The molecule has 2 heterocycles. The Labute approximate surface area is 173 Å². The number of para-hydroxylation sites is 1. The molecule has 2 aromatic rings.